The van der Waals surface area contributed by atoms with Crippen LogP contribution >= 0.6 is 0 Å². The molecule has 1 aliphatic rings. The predicted octanol–water partition coefficient (Wildman–Crippen LogP) is 3.53. The van der Waals surface area contributed by atoms with Gasteiger partial charge in [0.05, 0.1) is 11.8 Å². The Morgan fingerprint density at radius 3 is 2.37 bits per heavy atom. The van der Waals surface area contributed by atoms with E-state index in [1.807, 2.05) is 29.7 Å². The average Bonchev–Trinajstić information content (AvgIpc) is 3.06. The summed E-state index contributed by atoms with van der Waals surface area (Å²) in [5.41, 5.74) is 1.95. The molecule has 158 valence electrons. The molecule has 6 nitrogen and oxygen atoms in total. The van der Waals surface area contributed by atoms with Crippen molar-refractivity contribution in [3.63, 3.8) is 0 Å². The van der Waals surface area contributed by atoms with Crippen molar-refractivity contribution in [3.8, 4) is 11.3 Å². The average molecular weight is 416 g/mol. The van der Waals surface area contributed by atoms with Crippen LogP contribution in [0.15, 0.2) is 42.9 Å². The lowest BCUT2D eigenvalue weighted by molar-refractivity contribution is -0.137. The summed E-state index contributed by atoms with van der Waals surface area (Å²) in [6.45, 7) is 5.75. The smallest absolute Gasteiger partial charge is 0.352 e. The molecule has 0 N–H and O–H groups in total. The third kappa shape index (κ3) is 4.02. The zero-order valence-electron chi connectivity index (χ0n) is 16.9. The monoisotopic (exact) mass is 416 g/mol. The summed E-state index contributed by atoms with van der Waals surface area (Å²) in [5, 5.41) is 4.29. The van der Waals surface area contributed by atoms with Crippen LogP contribution in [0.5, 0.6) is 0 Å². The van der Waals surface area contributed by atoms with Gasteiger partial charge in [0.1, 0.15) is 5.69 Å². The molecule has 0 aliphatic carbocycles. The number of anilines is 1. The van der Waals surface area contributed by atoms with Crippen LogP contribution in [0, 0.1) is 6.92 Å². The minimum atomic E-state index is -4.45. The standard InChI is InChI=1S/C21H23F3N6/c1-15-16(13-27-28(15)2)14-29-9-11-30(12-10-29)20-19(25-7-8-26-20)17-5-3-4-6-18(17)21(22,23)24/h3-8,13H,9-12,14H2,1-2H3. The maximum atomic E-state index is 13.5. The number of nitrogens with zero attached hydrogens (tertiary/aromatic N) is 6. The van der Waals surface area contributed by atoms with Crippen LogP contribution in [0.25, 0.3) is 11.3 Å². The lowest BCUT2D eigenvalue weighted by Gasteiger charge is -2.36. The maximum absolute atomic E-state index is 13.5. The number of hydrogen-bond donors (Lipinski definition) is 0. The molecule has 30 heavy (non-hydrogen) atoms. The van der Waals surface area contributed by atoms with Gasteiger partial charge in [0.15, 0.2) is 5.82 Å². The summed E-state index contributed by atoms with van der Waals surface area (Å²) in [6.07, 6.45) is 0.399. The largest absolute Gasteiger partial charge is 0.417 e. The molecule has 3 heterocycles. The lowest BCUT2D eigenvalue weighted by Crippen LogP contribution is -2.46. The van der Waals surface area contributed by atoms with Gasteiger partial charge in [0.25, 0.3) is 0 Å². The van der Waals surface area contributed by atoms with Crippen LogP contribution in [-0.4, -0.2) is 50.8 Å². The van der Waals surface area contributed by atoms with E-state index in [0.717, 1.165) is 31.4 Å². The molecule has 0 bridgehead atoms. The first kappa shape index (κ1) is 20.3. The minimum Gasteiger partial charge on any atom is -0.352 e. The van der Waals surface area contributed by atoms with Crippen LogP contribution in [-0.2, 0) is 19.8 Å². The van der Waals surface area contributed by atoms with E-state index in [-0.39, 0.29) is 11.3 Å². The first-order valence-electron chi connectivity index (χ1n) is 9.77. The molecule has 4 rings (SSSR count). The Morgan fingerprint density at radius 2 is 1.70 bits per heavy atom. The second kappa shape index (κ2) is 8.06. The summed E-state index contributed by atoms with van der Waals surface area (Å²) in [6, 6.07) is 5.53. The fourth-order valence-electron chi connectivity index (χ4n) is 3.75. The van der Waals surface area contributed by atoms with Crippen LogP contribution in [0.1, 0.15) is 16.8 Å². The molecular formula is C21H23F3N6. The number of rotatable bonds is 4. The van der Waals surface area contributed by atoms with Gasteiger partial charge in [-0.1, -0.05) is 18.2 Å². The molecule has 2 aromatic heterocycles. The summed E-state index contributed by atoms with van der Waals surface area (Å²) < 4.78 is 42.4. The molecule has 1 aliphatic heterocycles. The number of aromatic nitrogens is 4. The molecule has 9 heteroatoms. The topological polar surface area (TPSA) is 50.1 Å². The summed E-state index contributed by atoms with van der Waals surface area (Å²) in [5.74, 6) is 0.492. The number of aryl methyl sites for hydroxylation is 1. The number of alkyl halides is 3. The molecule has 3 aromatic rings. The van der Waals surface area contributed by atoms with Crippen molar-refractivity contribution in [1.82, 2.24) is 24.6 Å². The fourth-order valence-corrected chi connectivity index (χ4v) is 3.75. The van der Waals surface area contributed by atoms with Gasteiger partial charge in [-0.15, -0.1) is 0 Å². The molecule has 1 fully saturated rings. The maximum Gasteiger partial charge on any atom is 0.417 e. The molecule has 0 radical (unpaired) electrons. The highest BCUT2D eigenvalue weighted by atomic mass is 19.4. The first-order chi connectivity index (χ1) is 14.3. The third-order valence-corrected chi connectivity index (χ3v) is 5.57. The van der Waals surface area contributed by atoms with Gasteiger partial charge in [0.2, 0.25) is 0 Å². The first-order valence-corrected chi connectivity index (χ1v) is 9.77. The van der Waals surface area contributed by atoms with Crippen molar-refractivity contribution in [2.75, 3.05) is 31.1 Å². The van der Waals surface area contributed by atoms with Gasteiger partial charge < -0.3 is 4.90 Å². The van der Waals surface area contributed by atoms with E-state index in [1.54, 1.807) is 6.07 Å². The Labute approximate surface area is 173 Å². The van der Waals surface area contributed by atoms with Crippen LogP contribution in [0.4, 0.5) is 19.0 Å². The molecule has 1 aromatic carbocycles. The number of piperazine rings is 1. The molecule has 0 spiro atoms. The van der Waals surface area contributed by atoms with E-state index >= 15 is 0 Å². The Morgan fingerprint density at radius 1 is 1.00 bits per heavy atom. The van der Waals surface area contributed by atoms with Gasteiger partial charge in [-0.05, 0) is 13.0 Å². The van der Waals surface area contributed by atoms with E-state index in [9.17, 15) is 13.2 Å². The van der Waals surface area contributed by atoms with Gasteiger partial charge in [0, 0.05) is 69.0 Å². The van der Waals surface area contributed by atoms with E-state index in [2.05, 4.69) is 20.0 Å². The van der Waals surface area contributed by atoms with Crippen LogP contribution in [0.3, 0.4) is 0 Å². The quantitative estimate of drug-likeness (QED) is 0.651. The fraction of sp³-hybridized carbons (Fsp3) is 0.381. The van der Waals surface area contributed by atoms with Crippen molar-refractivity contribution in [2.24, 2.45) is 7.05 Å². The molecule has 0 unspecified atom stereocenters. The van der Waals surface area contributed by atoms with Crippen molar-refractivity contribution < 1.29 is 13.2 Å². The summed E-state index contributed by atoms with van der Waals surface area (Å²) in [7, 11) is 1.92. The van der Waals surface area contributed by atoms with Gasteiger partial charge in [-0.3, -0.25) is 14.6 Å². The molecule has 0 saturated carbocycles. The number of hydrogen-bond acceptors (Lipinski definition) is 5. The van der Waals surface area contributed by atoms with Crippen LogP contribution in [0.2, 0.25) is 0 Å². The number of benzene rings is 1. The SMILES string of the molecule is Cc1c(CN2CCN(c3nccnc3-c3ccccc3C(F)(F)F)CC2)cnn1C. The van der Waals surface area contributed by atoms with Gasteiger partial charge in [-0.25, -0.2) is 4.98 Å². The normalized spacial score (nSPS) is 15.6. The molecule has 1 saturated heterocycles. The molecule has 0 amide bonds. The molecule has 0 atom stereocenters. The van der Waals surface area contributed by atoms with Crippen LogP contribution < -0.4 is 4.90 Å². The van der Waals surface area contributed by atoms with Gasteiger partial charge in [-0.2, -0.15) is 18.3 Å². The van der Waals surface area contributed by atoms with Crippen molar-refractivity contribution >= 4 is 5.82 Å². The zero-order chi connectivity index (χ0) is 21.3. The Balaban J connectivity index is 1.54. The minimum absolute atomic E-state index is 0.0570. The summed E-state index contributed by atoms with van der Waals surface area (Å²) in [4.78, 5) is 13.0. The number of halogens is 3. The van der Waals surface area contributed by atoms with Crippen molar-refractivity contribution in [3.05, 3.63) is 59.7 Å². The Kier molecular flexibility index (Phi) is 5.46. The van der Waals surface area contributed by atoms with E-state index in [4.69, 9.17) is 0 Å². The highest BCUT2D eigenvalue weighted by molar-refractivity contribution is 5.75. The molecular weight excluding hydrogens is 393 g/mol. The Bertz CT molecular complexity index is 1020. The summed E-state index contributed by atoms with van der Waals surface area (Å²) >= 11 is 0. The van der Waals surface area contributed by atoms with Gasteiger partial charge >= 0.3 is 6.18 Å². The second-order valence-electron chi connectivity index (χ2n) is 7.41. The van der Waals surface area contributed by atoms with E-state index < -0.39 is 11.7 Å². The third-order valence-electron chi connectivity index (χ3n) is 5.57. The lowest BCUT2D eigenvalue weighted by atomic mass is 10.0. The van der Waals surface area contributed by atoms with Crippen molar-refractivity contribution in [1.29, 1.82) is 0 Å². The second-order valence-corrected chi connectivity index (χ2v) is 7.41. The van der Waals surface area contributed by atoms with E-state index in [1.165, 1.54) is 30.1 Å². The highest BCUT2D eigenvalue weighted by Crippen LogP contribution is 2.38. The van der Waals surface area contributed by atoms with E-state index in [0.29, 0.717) is 18.9 Å². The van der Waals surface area contributed by atoms with Crippen molar-refractivity contribution in [2.45, 2.75) is 19.6 Å². The highest BCUT2D eigenvalue weighted by Gasteiger charge is 2.35. The zero-order valence-corrected chi connectivity index (χ0v) is 16.9. The predicted molar refractivity (Wildman–Crippen MR) is 108 cm³/mol. The Hall–Kier alpha value is -2.94.